The van der Waals surface area contributed by atoms with Crippen molar-refractivity contribution in [3.8, 4) is 23.1 Å². The van der Waals surface area contributed by atoms with E-state index in [-0.39, 0.29) is 5.02 Å². The first-order valence-corrected chi connectivity index (χ1v) is 11.9. The van der Waals surface area contributed by atoms with Crippen molar-refractivity contribution in [2.45, 2.75) is 6.61 Å². The maximum Gasteiger partial charge on any atom is 0.323 e. The molecule has 10 nitrogen and oxygen atoms in total. The van der Waals surface area contributed by atoms with Gasteiger partial charge in [-0.2, -0.15) is 5.10 Å². The minimum atomic E-state index is -0.451. The highest BCUT2D eigenvalue weighted by Crippen LogP contribution is 2.37. The highest BCUT2D eigenvalue weighted by atomic mass is 35.5. The number of nitrogens with zero attached hydrogens (tertiary/aromatic N) is 4. The van der Waals surface area contributed by atoms with Crippen LogP contribution in [0.2, 0.25) is 5.02 Å². The lowest BCUT2D eigenvalue weighted by Gasteiger charge is -2.14. The van der Waals surface area contributed by atoms with Gasteiger partial charge in [-0.05, 0) is 23.8 Å². The molecular formula is C27H23ClN6O4. The number of methoxy groups -OCH3 is 1. The zero-order valence-corrected chi connectivity index (χ0v) is 21.3. The SMILES string of the molecule is COc1cc2c(Oc3ccc(NC(=O)Nc4cnn(C)c4)c(Cl)c3)ncnc2cc1OCc1ccccc1. The molecule has 0 aliphatic rings. The van der Waals surface area contributed by atoms with Crippen molar-refractivity contribution in [3.63, 3.8) is 0 Å². The number of hydrogen-bond donors (Lipinski definition) is 2. The molecular weight excluding hydrogens is 508 g/mol. The van der Waals surface area contributed by atoms with Crippen molar-refractivity contribution in [1.82, 2.24) is 19.7 Å². The number of halogens is 1. The molecule has 0 aliphatic carbocycles. The molecule has 2 heterocycles. The highest BCUT2D eigenvalue weighted by Gasteiger charge is 2.15. The Balaban J connectivity index is 1.32. The average Bonchev–Trinajstić information content (AvgIpc) is 3.33. The van der Waals surface area contributed by atoms with Crippen molar-refractivity contribution >= 4 is 39.9 Å². The third kappa shape index (κ3) is 5.76. The molecule has 0 radical (unpaired) electrons. The van der Waals surface area contributed by atoms with Gasteiger partial charge in [-0.15, -0.1) is 0 Å². The molecule has 2 amide bonds. The Morgan fingerprint density at radius 3 is 2.61 bits per heavy atom. The van der Waals surface area contributed by atoms with Crippen molar-refractivity contribution in [2.75, 3.05) is 17.7 Å². The summed E-state index contributed by atoms with van der Waals surface area (Å²) in [5.41, 5.74) is 2.62. The lowest BCUT2D eigenvalue weighted by Crippen LogP contribution is -2.19. The standard InChI is InChI=1S/C27H23ClN6O4/c1-34-14-18(13-31-34)32-27(35)33-22-9-8-19(10-21(22)28)38-26-20-11-24(36-2)25(12-23(20)29-16-30-26)37-15-17-6-4-3-5-7-17/h3-14,16H,15H2,1-2H3,(H2,32,33,35). The molecule has 2 aromatic heterocycles. The first kappa shape index (κ1) is 24.8. The summed E-state index contributed by atoms with van der Waals surface area (Å²) in [4.78, 5) is 20.9. The molecule has 0 fully saturated rings. The Morgan fingerprint density at radius 1 is 1.03 bits per heavy atom. The number of benzene rings is 3. The van der Waals surface area contributed by atoms with Crippen LogP contribution in [0.25, 0.3) is 10.9 Å². The number of aromatic nitrogens is 4. The fourth-order valence-electron chi connectivity index (χ4n) is 3.67. The molecule has 0 aliphatic heterocycles. The molecule has 2 N–H and O–H groups in total. The Labute approximate surface area is 223 Å². The number of amides is 2. The van der Waals surface area contributed by atoms with Gasteiger partial charge in [-0.25, -0.2) is 14.8 Å². The minimum Gasteiger partial charge on any atom is -0.493 e. The lowest BCUT2D eigenvalue weighted by atomic mass is 10.2. The van der Waals surface area contributed by atoms with E-state index in [4.69, 9.17) is 25.8 Å². The summed E-state index contributed by atoms with van der Waals surface area (Å²) in [6, 6.07) is 17.8. The number of anilines is 2. The third-order valence-corrected chi connectivity index (χ3v) is 5.80. The van der Waals surface area contributed by atoms with Crippen LogP contribution in [-0.4, -0.2) is 32.9 Å². The summed E-state index contributed by atoms with van der Waals surface area (Å²) in [6.45, 7) is 0.385. The summed E-state index contributed by atoms with van der Waals surface area (Å²) in [5.74, 6) is 1.81. The fraction of sp³-hybridized carbons (Fsp3) is 0.111. The van der Waals surface area contributed by atoms with Gasteiger partial charge in [-0.3, -0.25) is 4.68 Å². The van der Waals surface area contributed by atoms with Crippen molar-refractivity contribution in [3.05, 3.63) is 90.0 Å². The second-order valence-corrected chi connectivity index (χ2v) is 8.61. The van der Waals surface area contributed by atoms with Crippen LogP contribution in [0.5, 0.6) is 23.1 Å². The summed E-state index contributed by atoms with van der Waals surface area (Å²) in [6.07, 6.45) is 4.63. The zero-order valence-electron chi connectivity index (χ0n) is 20.5. The topological polar surface area (TPSA) is 112 Å². The molecule has 0 unspecified atom stereocenters. The van der Waals surface area contributed by atoms with E-state index in [0.29, 0.717) is 52.0 Å². The first-order valence-electron chi connectivity index (χ1n) is 11.5. The number of hydrogen-bond acceptors (Lipinski definition) is 7. The second kappa shape index (κ2) is 11.1. The molecule has 0 atom stereocenters. The van der Waals surface area contributed by atoms with Crippen LogP contribution < -0.4 is 24.8 Å². The van der Waals surface area contributed by atoms with Crippen LogP contribution in [0.1, 0.15) is 5.56 Å². The van der Waals surface area contributed by atoms with Gasteiger partial charge in [-0.1, -0.05) is 41.9 Å². The van der Waals surface area contributed by atoms with Crippen LogP contribution in [0, 0.1) is 0 Å². The first-order chi connectivity index (χ1) is 18.5. The Bertz CT molecular complexity index is 1590. The molecule has 5 rings (SSSR count). The van der Waals surface area contributed by atoms with E-state index < -0.39 is 6.03 Å². The second-order valence-electron chi connectivity index (χ2n) is 8.20. The van der Waals surface area contributed by atoms with E-state index in [9.17, 15) is 4.79 Å². The molecule has 5 aromatic rings. The smallest absolute Gasteiger partial charge is 0.323 e. The number of fused-ring (bicyclic) bond motifs is 1. The van der Waals surface area contributed by atoms with Gasteiger partial charge >= 0.3 is 6.03 Å². The number of urea groups is 1. The summed E-state index contributed by atoms with van der Waals surface area (Å²) >= 11 is 6.41. The Kier molecular flexibility index (Phi) is 7.23. The van der Waals surface area contributed by atoms with Gasteiger partial charge in [0.15, 0.2) is 11.5 Å². The highest BCUT2D eigenvalue weighted by molar-refractivity contribution is 6.34. The van der Waals surface area contributed by atoms with Crippen LogP contribution in [0.3, 0.4) is 0 Å². The number of ether oxygens (including phenoxy) is 3. The Morgan fingerprint density at radius 2 is 1.87 bits per heavy atom. The van der Waals surface area contributed by atoms with Crippen molar-refractivity contribution in [2.24, 2.45) is 7.05 Å². The van der Waals surface area contributed by atoms with Gasteiger partial charge in [0.05, 0.1) is 40.6 Å². The maximum atomic E-state index is 12.3. The van der Waals surface area contributed by atoms with Gasteiger partial charge in [0.2, 0.25) is 5.88 Å². The quantitative estimate of drug-likeness (QED) is 0.251. The van der Waals surface area contributed by atoms with E-state index in [0.717, 1.165) is 5.56 Å². The van der Waals surface area contributed by atoms with Crippen LogP contribution in [-0.2, 0) is 13.7 Å². The zero-order chi connectivity index (χ0) is 26.5. The molecule has 38 heavy (non-hydrogen) atoms. The predicted octanol–water partition coefficient (Wildman–Crippen LogP) is 6.04. The van der Waals surface area contributed by atoms with E-state index >= 15 is 0 Å². The summed E-state index contributed by atoms with van der Waals surface area (Å²) < 4.78 is 19.2. The van der Waals surface area contributed by atoms with E-state index in [1.54, 1.807) is 55.4 Å². The predicted molar refractivity (Wildman–Crippen MR) is 144 cm³/mol. The molecule has 0 spiro atoms. The fourth-order valence-corrected chi connectivity index (χ4v) is 3.89. The number of rotatable bonds is 8. The molecule has 192 valence electrons. The molecule has 0 bridgehead atoms. The average molecular weight is 531 g/mol. The number of carbonyl (C=O) groups excluding carboxylic acids is 1. The largest absolute Gasteiger partial charge is 0.493 e. The van der Waals surface area contributed by atoms with E-state index in [1.807, 2.05) is 30.3 Å². The van der Waals surface area contributed by atoms with Gasteiger partial charge in [0, 0.05) is 25.4 Å². The van der Waals surface area contributed by atoms with Crippen LogP contribution >= 0.6 is 11.6 Å². The minimum absolute atomic E-state index is 0.288. The van der Waals surface area contributed by atoms with E-state index in [2.05, 4.69) is 25.7 Å². The van der Waals surface area contributed by atoms with Gasteiger partial charge in [0.1, 0.15) is 18.7 Å². The summed E-state index contributed by atoms with van der Waals surface area (Å²) in [5, 5.41) is 10.3. The van der Waals surface area contributed by atoms with Crippen LogP contribution in [0.4, 0.5) is 16.2 Å². The third-order valence-electron chi connectivity index (χ3n) is 5.49. The Hall–Kier alpha value is -4.83. The van der Waals surface area contributed by atoms with Crippen LogP contribution in [0.15, 0.2) is 79.4 Å². The number of nitrogens with one attached hydrogen (secondary N) is 2. The molecule has 0 saturated carbocycles. The van der Waals surface area contributed by atoms with Gasteiger partial charge in [0.25, 0.3) is 0 Å². The molecule has 0 saturated heterocycles. The summed E-state index contributed by atoms with van der Waals surface area (Å²) in [7, 11) is 3.32. The maximum absolute atomic E-state index is 12.3. The monoisotopic (exact) mass is 530 g/mol. The molecule has 3 aromatic carbocycles. The normalized spacial score (nSPS) is 10.7. The van der Waals surface area contributed by atoms with Crippen molar-refractivity contribution in [1.29, 1.82) is 0 Å². The number of aryl methyl sites for hydroxylation is 1. The number of carbonyl (C=O) groups is 1. The van der Waals surface area contributed by atoms with E-state index in [1.165, 1.54) is 12.5 Å². The van der Waals surface area contributed by atoms with Crippen molar-refractivity contribution < 1.29 is 19.0 Å². The lowest BCUT2D eigenvalue weighted by molar-refractivity contribution is 0.262. The molecule has 11 heteroatoms. The van der Waals surface area contributed by atoms with Gasteiger partial charge < -0.3 is 24.8 Å².